The molecule has 0 saturated carbocycles. The monoisotopic (exact) mass is 372 g/mol. The molecule has 0 unspecified atom stereocenters. The predicted octanol–water partition coefficient (Wildman–Crippen LogP) is 2.11. The fourth-order valence-electron chi connectivity index (χ4n) is 2.71. The second-order valence-electron chi connectivity index (χ2n) is 6.72. The Morgan fingerprint density at radius 1 is 1.04 bits per heavy atom. The van der Waals surface area contributed by atoms with E-state index in [1.807, 2.05) is 18.2 Å². The molecule has 0 spiro atoms. The number of methoxy groups -OCH3 is 1. The third-order valence-corrected chi connectivity index (χ3v) is 4.61. The van der Waals surface area contributed by atoms with Crippen molar-refractivity contribution in [2.75, 3.05) is 34.3 Å². The van der Waals surface area contributed by atoms with Crippen LogP contribution in [0, 0.1) is 0 Å². The third-order valence-electron chi connectivity index (χ3n) is 4.21. The second-order valence-corrected chi connectivity index (χ2v) is 7.11. The molecule has 0 heterocycles. The van der Waals surface area contributed by atoms with E-state index in [2.05, 4.69) is 60.7 Å². The van der Waals surface area contributed by atoms with Crippen LogP contribution in [0.1, 0.15) is 17.5 Å². The number of nitrogens with one attached hydrogen (secondary N) is 2. The van der Waals surface area contributed by atoms with Gasteiger partial charge in [0, 0.05) is 26.1 Å². The molecule has 2 N–H and O–H groups in total. The Kier molecular flexibility index (Phi) is 8.38. The highest BCUT2D eigenvalue weighted by molar-refractivity contribution is 7.80. The summed E-state index contributed by atoms with van der Waals surface area (Å²) < 4.78 is 5.21. The van der Waals surface area contributed by atoms with Crippen LogP contribution in [0.15, 0.2) is 54.6 Å². The van der Waals surface area contributed by atoms with Gasteiger partial charge in [0.05, 0.1) is 27.7 Å². The quantitative estimate of drug-likeness (QED) is 0.660. The highest BCUT2D eigenvalue weighted by atomic mass is 32.1. The smallest absolute Gasteiger partial charge is 0.169 e. The summed E-state index contributed by atoms with van der Waals surface area (Å²) in [5.74, 6) is 0.869. The van der Waals surface area contributed by atoms with Crippen LogP contribution in [-0.2, 0) is 13.1 Å². The lowest BCUT2D eigenvalue weighted by molar-refractivity contribution is -0.858. The molecule has 0 radical (unpaired) electrons. The molecule has 0 fully saturated rings. The molecule has 140 valence electrons. The molecular formula is C21H30N3OS+. The SMILES string of the molecule is COc1ccc(CNC(=S)N(CCC[NH+](C)C)Cc2ccccc2)cc1. The molecule has 0 aliphatic heterocycles. The first kappa shape index (κ1) is 20.2. The van der Waals surface area contributed by atoms with Gasteiger partial charge in [-0.2, -0.15) is 0 Å². The molecule has 4 nitrogen and oxygen atoms in total. The number of ether oxygens (including phenoxy) is 1. The fraction of sp³-hybridized carbons (Fsp3) is 0.381. The molecule has 0 aliphatic carbocycles. The largest absolute Gasteiger partial charge is 0.497 e. The summed E-state index contributed by atoms with van der Waals surface area (Å²) in [6, 6.07) is 18.6. The Morgan fingerprint density at radius 2 is 1.73 bits per heavy atom. The maximum absolute atomic E-state index is 5.68. The molecule has 0 aliphatic rings. The summed E-state index contributed by atoms with van der Waals surface area (Å²) in [5, 5.41) is 4.21. The van der Waals surface area contributed by atoms with E-state index in [4.69, 9.17) is 17.0 Å². The zero-order chi connectivity index (χ0) is 18.8. The summed E-state index contributed by atoms with van der Waals surface area (Å²) in [4.78, 5) is 3.72. The van der Waals surface area contributed by atoms with Gasteiger partial charge in [-0.15, -0.1) is 0 Å². The summed E-state index contributed by atoms with van der Waals surface area (Å²) in [6.07, 6.45) is 1.11. The summed E-state index contributed by atoms with van der Waals surface area (Å²) in [6.45, 7) is 3.63. The molecule has 5 heteroatoms. The van der Waals surface area contributed by atoms with Crippen LogP contribution in [-0.4, -0.2) is 44.3 Å². The highest BCUT2D eigenvalue weighted by Crippen LogP contribution is 2.11. The van der Waals surface area contributed by atoms with E-state index in [0.717, 1.165) is 36.9 Å². The zero-order valence-electron chi connectivity index (χ0n) is 16.0. The van der Waals surface area contributed by atoms with Crippen molar-refractivity contribution in [3.05, 3.63) is 65.7 Å². The summed E-state index contributed by atoms with van der Waals surface area (Å²) in [5.41, 5.74) is 2.46. The first-order valence-electron chi connectivity index (χ1n) is 9.07. The van der Waals surface area contributed by atoms with E-state index in [1.165, 1.54) is 16.0 Å². The molecule has 0 amide bonds. The number of quaternary nitrogens is 1. The van der Waals surface area contributed by atoms with Crippen LogP contribution < -0.4 is 15.0 Å². The summed E-state index contributed by atoms with van der Waals surface area (Å²) >= 11 is 5.68. The van der Waals surface area contributed by atoms with Gasteiger partial charge in [0.25, 0.3) is 0 Å². The van der Waals surface area contributed by atoms with Crippen LogP contribution >= 0.6 is 12.2 Å². The van der Waals surface area contributed by atoms with Crippen LogP contribution in [0.25, 0.3) is 0 Å². The van der Waals surface area contributed by atoms with Gasteiger partial charge in [-0.3, -0.25) is 0 Å². The lowest BCUT2D eigenvalue weighted by Crippen LogP contribution is -3.05. The van der Waals surface area contributed by atoms with Crippen LogP contribution in [0.4, 0.5) is 0 Å². The Balaban J connectivity index is 1.94. The van der Waals surface area contributed by atoms with Gasteiger partial charge in [-0.25, -0.2) is 0 Å². The van der Waals surface area contributed by atoms with Crippen LogP contribution in [0.5, 0.6) is 5.75 Å². The van der Waals surface area contributed by atoms with Crippen molar-refractivity contribution in [3.63, 3.8) is 0 Å². The average molecular weight is 373 g/mol. The highest BCUT2D eigenvalue weighted by Gasteiger charge is 2.11. The van der Waals surface area contributed by atoms with E-state index in [9.17, 15) is 0 Å². The lowest BCUT2D eigenvalue weighted by atomic mass is 10.2. The minimum absolute atomic E-state index is 0.715. The van der Waals surface area contributed by atoms with E-state index in [1.54, 1.807) is 7.11 Å². The Bertz CT molecular complexity index is 659. The van der Waals surface area contributed by atoms with Gasteiger partial charge in [0.15, 0.2) is 5.11 Å². The van der Waals surface area contributed by atoms with E-state index in [0.29, 0.717) is 6.54 Å². The number of thiocarbonyl (C=S) groups is 1. The number of nitrogens with zero attached hydrogens (tertiary/aromatic N) is 1. The van der Waals surface area contributed by atoms with Crippen molar-refractivity contribution in [2.24, 2.45) is 0 Å². The molecule has 0 bridgehead atoms. The molecule has 0 saturated heterocycles. The topological polar surface area (TPSA) is 28.9 Å². The minimum atomic E-state index is 0.715. The van der Waals surface area contributed by atoms with E-state index < -0.39 is 0 Å². The number of hydrogen-bond donors (Lipinski definition) is 2. The maximum Gasteiger partial charge on any atom is 0.169 e. The van der Waals surface area contributed by atoms with Crippen molar-refractivity contribution >= 4 is 17.3 Å². The Morgan fingerprint density at radius 3 is 2.35 bits per heavy atom. The van der Waals surface area contributed by atoms with Crippen molar-refractivity contribution in [1.82, 2.24) is 10.2 Å². The van der Waals surface area contributed by atoms with E-state index >= 15 is 0 Å². The fourth-order valence-corrected chi connectivity index (χ4v) is 2.94. The lowest BCUT2D eigenvalue weighted by Gasteiger charge is -2.26. The molecule has 0 aromatic heterocycles. The zero-order valence-corrected chi connectivity index (χ0v) is 16.8. The average Bonchev–Trinajstić information content (AvgIpc) is 2.66. The Hall–Kier alpha value is -2.11. The molecule has 2 aromatic rings. The van der Waals surface area contributed by atoms with Gasteiger partial charge in [0.2, 0.25) is 0 Å². The standard InChI is InChI=1S/C21H29N3OS/c1-23(2)14-7-15-24(17-19-8-5-4-6-9-19)21(26)22-16-18-10-12-20(25-3)13-11-18/h4-6,8-13H,7,14-17H2,1-3H3,(H,22,26)/p+1. The predicted molar refractivity (Wildman–Crippen MR) is 112 cm³/mol. The maximum atomic E-state index is 5.68. The van der Waals surface area contributed by atoms with Gasteiger partial charge in [-0.1, -0.05) is 42.5 Å². The Labute approximate surface area is 162 Å². The van der Waals surface area contributed by atoms with E-state index in [-0.39, 0.29) is 0 Å². The van der Waals surface area contributed by atoms with Crippen LogP contribution in [0.2, 0.25) is 0 Å². The third kappa shape index (κ3) is 7.02. The van der Waals surface area contributed by atoms with Crippen molar-refractivity contribution < 1.29 is 9.64 Å². The molecule has 2 aromatic carbocycles. The minimum Gasteiger partial charge on any atom is -0.497 e. The number of hydrogen-bond acceptors (Lipinski definition) is 2. The first-order chi connectivity index (χ1) is 12.6. The van der Waals surface area contributed by atoms with Gasteiger partial charge < -0.3 is 19.9 Å². The van der Waals surface area contributed by atoms with Gasteiger partial charge >= 0.3 is 0 Å². The van der Waals surface area contributed by atoms with Crippen molar-refractivity contribution in [1.29, 1.82) is 0 Å². The first-order valence-corrected chi connectivity index (χ1v) is 9.48. The van der Waals surface area contributed by atoms with Crippen molar-refractivity contribution in [3.8, 4) is 5.75 Å². The van der Waals surface area contributed by atoms with Gasteiger partial charge in [0.1, 0.15) is 5.75 Å². The molecule has 0 atom stereocenters. The summed E-state index contributed by atoms with van der Waals surface area (Å²) in [7, 11) is 6.04. The second kappa shape index (κ2) is 10.8. The number of benzene rings is 2. The van der Waals surface area contributed by atoms with Crippen LogP contribution in [0.3, 0.4) is 0 Å². The normalized spacial score (nSPS) is 10.6. The van der Waals surface area contributed by atoms with Crippen molar-refractivity contribution in [2.45, 2.75) is 19.5 Å². The molecule has 26 heavy (non-hydrogen) atoms. The number of rotatable bonds is 9. The van der Waals surface area contributed by atoms with Gasteiger partial charge in [-0.05, 0) is 35.5 Å². The molecule has 2 rings (SSSR count). The molecular weight excluding hydrogens is 342 g/mol.